The van der Waals surface area contributed by atoms with Crippen LogP contribution in [0.3, 0.4) is 0 Å². The topological polar surface area (TPSA) is 66.2 Å². The highest BCUT2D eigenvalue weighted by Gasteiger charge is 2.27. The van der Waals surface area contributed by atoms with E-state index in [2.05, 4.69) is 21.6 Å². The van der Waals surface area contributed by atoms with Crippen LogP contribution in [-0.4, -0.2) is 47.0 Å². The number of carbonyl (C=O) groups excluding carboxylic acids is 1. The van der Waals surface area contributed by atoms with Gasteiger partial charge in [-0.25, -0.2) is 9.48 Å². The Bertz CT molecular complexity index is 471. The maximum Gasteiger partial charge on any atom is 0.411 e. The molecule has 6 nitrogen and oxygen atoms in total. The van der Waals surface area contributed by atoms with Gasteiger partial charge in [-0.1, -0.05) is 17.9 Å². The summed E-state index contributed by atoms with van der Waals surface area (Å²) >= 11 is 0. The van der Waals surface area contributed by atoms with Gasteiger partial charge in [0.15, 0.2) is 5.69 Å². The molecule has 1 heterocycles. The van der Waals surface area contributed by atoms with Gasteiger partial charge in [0.2, 0.25) is 0 Å². The number of alkyl halides is 3. The summed E-state index contributed by atoms with van der Waals surface area (Å²) in [5.74, 6) is -0.662. The third kappa shape index (κ3) is 5.00. The minimum absolute atomic E-state index is 0.0164. The van der Waals surface area contributed by atoms with Gasteiger partial charge in [-0.05, 0) is 6.92 Å². The van der Waals surface area contributed by atoms with Gasteiger partial charge in [0.25, 0.3) is 0 Å². The van der Waals surface area contributed by atoms with Crippen LogP contribution in [0.2, 0.25) is 0 Å². The Morgan fingerprint density at radius 3 is 2.80 bits per heavy atom. The van der Waals surface area contributed by atoms with E-state index in [9.17, 15) is 18.0 Å². The fourth-order valence-corrected chi connectivity index (χ4v) is 1.30. The van der Waals surface area contributed by atoms with Gasteiger partial charge in [0.1, 0.15) is 13.2 Å². The smallest absolute Gasteiger partial charge is 0.411 e. The van der Waals surface area contributed by atoms with Gasteiger partial charge in [0.05, 0.1) is 18.8 Å². The molecule has 0 N–H and O–H groups in total. The number of hydrogen-bond acceptors (Lipinski definition) is 5. The molecule has 0 spiro atoms. The number of carbonyl (C=O) groups is 1. The highest BCUT2D eigenvalue weighted by Crippen LogP contribution is 2.14. The molecule has 0 aromatic carbocycles. The lowest BCUT2D eigenvalue weighted by Crippen LogP contribution is -2.19. The fraction of sp³-hybridized carbons (Fsp3) is 0.545. The monoisotopic (exact) mass is 293 g/mol. The van der Waals surface area contributed by atoms with Gasteiger partial charge in [-0.15, -0.1) is 5.10 Å². The molecule has 1 rings (SSSR count). The third-order valence-electron chi connectivity index (χ3n) is 2.22. The van der Waals surface area contributed by atoms with E-state index in [0.717, 1.165) is 0 Å². The lowest BCUT2D eigenvalue weighted by Gasteiger charge is -2.08. The van der Waals surface area contributed by atoms with Gasteiger partial charge in [-0.2, -0.15) is 13.2 Å². The van der Waals surface area contributed by atoms with Crippen molar-refractivity contribution in [1.82, 2.24) is 15.0 Å². The number of hydrogen-bond donors (Lipinski definition) is 0. The number of ether oxygens (including phenoxy) is 2. The van der Waals surface area contributed by atoms with E-state index < -0.39 is 18.8 Å². The lowest BCUT2D eigenvalue weighted by atomic mass is 10.3. The molecule has 1 aromatic rings. The van der Waals surface area contributed by atoms with Crippen LogP contribution in [0.4, 0.5) is 13.2 Å². The molecule has 0 saturated carbocycles. The number of nitrogens with zero attached hydrogens (tertiary/aromatic N) is 3. The number of esters is 1. The number of aromatic nitrogens is 3. The summed E-state index contributed by atoms with van der Waals surface area (Å²) in [6.07, 6.45) is -2.96. The van der Waals surface area contributed by atoms with Crippen molar-refractivity contribution in [2.45, 2.75) is 19.6 Å². The zero-order valence-corrected chi connectivity index (χ0v) is 10.8. The summed E-state index contributed by atoms with van der Waals surface area (Å²) in [4.78, 5) is 11.5. The maximum absolute atomic E-state index is 11.9. The summed E-state index contributed by atoms with van der Waals surface area (Å²) in [6, 6.07) is 0. The van der Waals surface area contributed by atoms with Crippen LogP contribution in [0, 0.1) is 6.92 Å². The molecular weight excluding hydrogens is 279 g/mol. The molecule has 1 aromatic heterocycles. The number of rotatable bonds is 7. The molecular formula is C11H14F3N3O3. The fourth-order valence-electron chi connectivity index (χ4n) is 1.30. The molecule has 0 radical (unpaired) electrons. The molecule has 0 amide bonds. The molecule has 0 aliphatic rings. The summed E-state index contributed by atoms with van der Waals surface area (Å²) in [5.41, 5.74) is 0.414. The first-order valence-corrected chi connectivity index (χ1v) is 5.67. The maximum atomic E-state index is 11.9. The highest BCUT2D eigenvalue weighted by atomic mass is 19.4. The lowest BCUT2D eigenvalue weighted by molar-refractivity contribution is -0.174. The van der Waals surface area contributed by atoms with E-state index in [4.69, 9.17) is 4.74 Å². The van der Waals surface area contributed by atoms with Gasteiger partial charge < -0.3 is 9.47 Å². The van der Waals surface area contributed by atoms with E-state index in [-0.39, 0.29) is 25.5 Å². The molecule has 0 saturated heterocycles. The van der Waals surface area contributed by atoms with Crippen LogP contribution in [0.1, 0.15) is 16.2 Å². The zero-order chi connectivity index (χ0) is 15.2. The summed E-state index contributed by atoms with van der Waals surface area (Å²) < 4.78 is 46.1. The summed E-state index contributed by atoms with van der Waals surface area (Å²) in [5, 5.41) is 7.28. The van der Waals surface area contributed by atoms with Crippen molar-refractivity contribution in [3.63, 3.8) is 0 Å². The van der Waals surface area contributed by atoms with Crippen molar-refractivity contribution in [3.05, 3.63) is 24.0 Å². The van der Waals surface area contributed by atoms with Crippen molar-refractivity contribution < 1.29 is 27.4 Å². The Morgan fingerprint density at radius 2 is 2.20 bits per heavy atom. The molecule has 9 heteroatoms. The second kappa shape index (κ2) is 7.04. The minimum atomic E-state index is -4.36. The molecule has 0 bridgehead atoms. The summed E-state index contributed by atoms with van der Waals surface area (Å²) in [6.45, 7) is 3.55. The van der Waals surface area contributed by atoms with E-state index >= 15 is 0 Å². The van der Waals surface area contributed by atoms with Crippen LogP contribution in [-0.2, 0) is 16.0 Å². The first-order valence-electron chi connectivity index (χ1n) is 5.67. The average Bonchev–Trinajstić information content (AvgIpc) is 2.72. The second-order valence-electron chi connectivity index (χ2n) is 3.80. The van der Waals surface area contributed by atoms with E-state index in [1.54, 1.807) is 6.92 Å². The largest absolute Gasteiger partial charge is 0.457 e. The molecule has 0 unspecified atom stereocenters. The van der Waals surface area contributed by atoms with Crippen molar-refractivity contribution >= 4 is 5.97 Å². The predicted molar refractivity (Wildman–Crippen MR) is 62.1 cm³/mol. The third-order valence-corrected chi connectivity index (χ3v) is 2.22. The predicted octanol–water partition coefficient (Wildman–Crippen LogP) is 1.51. The second-order valence-corrected chi connectivity index (χ2v) is 3.80. The SMILES string of the molecule is C=CCOC(=O)c1nnn(CCOCC(F)(F)F)c1C. The molecule has 0 atom stereocenters. The zero-order valence-electron chi connectivity index (χ0n) is 10.8. The minimum Gasteiger partial charge on any atom is -0.457 e. The van der Waals surface area contributed by atoms with Gasteiger partial charge in [0, 0.05) is 0 Å². The van der Waals surface area contributed by atoms with Crippen LogP contribution < -0.4 is 0 Å². The first kappa shape index (κ1) is 16.2. The Balaban J connectivity index is 2.50. The Hall–Kier alpha value is -1.90. The quantitative estimate of drug-likeness (QED) is 0.433. The van der Waals surface area contributed by atoms with E-state index in [1.807, 2.05) is 0 Å². The van der Waals surface area contributed by atoms with Crippen LogP contribution in [0.15, 0.2) is 12.7 Å². The Morgan fingerprint density at radius 1 is 1.50 bits per heavy atom. The molecule has 0 aliphatic heterocycles. The van der Waals surface area contributed by atoms with Gasteiger partial charge in [-0.3, -0.25) is 0 Å². The van der Waals surface area contributed by atoms with Crippen LogP contribution in [0.25, 0.3) is 0 Å². The van der Waals surface area contributed by atoms with E-state index in [0.29, 0.717) is 5.69 Å². The summed E-state index contributed by atoms with van der Waals surface area (Å²) in [7, 11) is 0. The Labute approximate surface area is 113 Å². The van der Waals surface area contributed by atoms with Gasteiger partial charge >= 0.3 is 12.1 Å². The van der Waals surface area contributed by atoms with Crippen molar-refractivity contribution in [2.24, 2.45) is 0 Å². The highest BCUT2D eigenvalue weighted by molar-refractivity contribution is 5.88. The molecule has 0 fully saturated rings. The van der Waals surface area contributed by atoms with Crippen molar-refractivity contribution in [1.29, 1.82) is 0 Å². The molecule has 112 valence electrons. The normalized spacial score (nSPS) is 11.4. The first-order chi connectivity index (χ1) is 9.35. The van der Waals surface area contributed by atoms with Crippen LogP contribution >= 0.6 is 0 Å². The van der Waals surface area contributed by atoms with Crippen LogP contribution in [0.5, 0.6) is 0 Å². The average molecular weight is 293 g/mol. The Kier molecular flexibility index (Phi) is 5.68. The number of halogens is 3. The van der Waals surface area contributed by atoms with Crippen molar-refractivity contribution in [3.8, 4) is 0 Å². The van der Waals surface area contributed by atoms with E-state index in [1.165, 1.54) is 10.8 Å². The molecule has 20 heavy (non-hydrogen) atoms. The standard InChI is InChI=1S/C11H14F3N3O3/c1-3-5-20-10(18)9-8(2)17(16-15-9)4-6-19-7-11(12,13)14/h3H,1,4-7H2,2H3. The molecule has 0 aliphatic carbocycles. The van der Waals surface area contributed by atoms with Crippen molar-refractivity contribution in [2.75, 3.05) is 19.8 Å².